The Balaban J connectivity index is 2.12. The van der Waals surface area contributed by atoms with E-state index in [4.69, 9.17) is 11.6 Å². The molecule has 0 bridgehead atoms. The van der Waals surface area contributed by atoms with Gasteiger partial charge in [0.1, 0.15) is 0 Å². The maximum Gasteiger partial charge on any atom is 0.418 e. The van der Waals surface area contributed by atoms with E-state index in [2.05, 4.69) is 5.32 Å². The molecule has 0 aliphatic rings. The minimum absolute atomic E-state index is 0.0319. The van der Waals surface area contributed by atoms with E-state index in [1.807, 2.05) is 0 Å². The summed E-state index contributed by atoms with van der Waals surface area (Å²) < 4.78 is 39.5. The number of halogens is 4. The van der Waals surface area contributed by atoms with Crippen LogP contribution in [-0.2, 0) is 11.0 Å². The summed E-state index contributed by atoms with van der Waals surface area (Å²) in [6.45, 7) is 1.03. The lowest BCUT2D eigenvalue weighted by Crippen LogP contribution is -2.38. The molecule has 0 spiro atoms. The molecule has 26 heavy (non-hydrogen) atoms. The number of anilines is 1. The number of amides is 2. The van der Waals surface area contributed by atoms with Gasteiger partial charge in [-0.15, -0.1) is 0 Å². The minimum atomic E-state index is -4.59. The molecular formula is C18H16ClF3N2O2. The molecule has 0 saturated heterocycles. The zero-order valence-electron chi connectivity index (χ0n) is 13.8. The minimum Gasteiger partial charge on any atom is -0.350 e. The second kappa shape index (κ2) is 8.23. The number of para-hydroxylation sites is 1. The average molecular weight is 385 g/mol. The third-order valence-corrected chi connectivity index (χ3v) is 3.95. The van der Waals surface area contributed by atoms with Crippen LogP contribution in [0.25, 0.3) is 0 Å². The molecule has 1 N–H and O–H groups in total. The van der Waals surface area contributed by atoms with Crippen LogP contribution in [0.5, 0.6) is 0 Å². The van der Waals surface area contributed by atoms with Gasteiger partial charge in [0, 0.05) is 20.0 Å². The summed E-state index contributed by atoms with van der Waals surface area (Å²) in [5.74, 6) is -1.03. The Morgan fingerprint density at radius 2 is 1.69 bits per heavy atom. The van der Waals surface area contributed by atoms with Crippen molar-refractivity contribution in [1.82, 2.24) is 5.32 Å². The predicted octanol–water partition coefficient (Wildman–Crippen LogP) is 4.14. The van der Waals surface area contributed by atoms with Gasteiger partial charge in [-0.1, -0.05) is 35.9 Å². The van der Waals surface area contributed by atoms with E-state index in [0.717, 1.165) is 11.0 Å². The molecule has 8 heteroatoms. The summed E-state index contributed by atoms with van der Waals surface area (Å²) in [7, 11) is 0. The molecule has 0 unspecified atom stereocenters. The van der Waals surface area contributed by atoms with Gasteiger partial charge in [0.05, 0.1) is 21.8 Å². The number of nitrogens with one attached hydrogen (secondary N) is 1. The standard InChI is InChI=1S/C18H16ClF3N2O2/c1-12(25)24(16-9-5-3-7-14(16)18(20,21)22)11-10-23-17(26)13-6-2-4-8-15(13)19/h2-9H,10-11H2,1H3,(H,23,26). The molecule has 2 rings (SSSR count). The Bertz CT molecular complexity index is 809. The number of rotatable bonds is 5. The topological polar surface area (TPSA) is 49.4 Å². The van der Waals surface area contributed by atoms with Gasteiger partial charge in [-0.2, -0.15) is 13.2 Å². The van der Waals surface area contributed by atoms with E-state index in [1.54, 1.807) is 18.2 Å². The first kappa shape index (κ1) is 19.8. The lowest BCUT2D eigenvalue weighted by atomic mass is 10.1. The van der Waals surface area contributed by atoms with Gasteiger partial charge >= 0.3 is 6.18 Å². The average Bonchev–Trinajstić information content (AvgIpc) is 2.58. The van der Waals surface area contributed by atoms with Crippen LogP contribution in [-0.4, -0.2) is 24.9 Å². The second-order valence-electron chi connectivity index (χ2n) is 5.42. The Hall–Kier alpha value is -2.54. The number of carbonyl (C=O) groups is 2. The highest BCUT2D eigenvalue weighted by molar-refractivity contribution is 6.33. The molecule has 2 aromatic rings. The maximum atomic E-state index is 13.2. The van der Waals surface area contributed by atoms with Gasteiger partial charge < -0.3 is 10.2 Å². The molecule has 0 aliphatic heterocycles. The molecule has 2 amide bonds. The summed E-state index contributed by atoms with van der Waals surface area (Å²) in [6.07, 6.45) is -4.59. The highest BCUT2D eigenvalue weighted by atomic mass is 35.5. The molecule has 0 fully saturated rings. The summed E-state index contributed by atoms with van der Waals surface area (Å²) in [5, 5.41) is 2.81. The van der Waals surface area contributed by atoms with Crippen molar-refractivity contribution in [3.8, 4) is 0 Å². The first-order valence-corrected chi connectivity index (χ1v) is 8.06. The van der Waals surface area contributed by atoms with E-state index >= 15 is 0 Å². The Morgan fingerprint density at radius 1 is 1.08 bits per heavy atom. The van der Waals surface area contributed by atoms with Crippen LogP contribution in [0, 0.1) is 0 Å². The Labute approximate surface area is 153 Å². The quantitative estimate of drug-likeness (QED) is 0.842. The maximum absolute atomic E-state index is 13.2. The van der Waals surface area contributed by atoms with Crippen molar-refractivity contribution in [3.63, 3.8) is 0 Å². The zero-order valence-corrected chi connectivity index (χ0v) is 14.6. The molecule has 2 aromatic carbocycles. The summed E-state index contributed by atoms with van der Waals surface area (Å²) in [4.78, 5) is 24.9. The van der Waals surface area contributed by atoms with Gasteiger partial charge in [0.2, 0.25) is 5.91 Å². The zero-order chi connectivity index (χ0) is 19.3. The van der Waals surface area contributed by atoms with Crippen molar-refractivity contribution < 1.29 is 22.8 Å². The van der Waals surface area contributed by atoms with E-state index < -0.39 is 23.6 Å². The molecule has 0 aliphatic carbocycles. The monoisotopic (exact) mass is 384 g/mol. The molecule has 138 valence electrons. The molecule has 0 heterocycles. The van der Waals surface area contributed by atoms with E-state index in [9.17, 15) is 22.8 Å². The summed E-state index contributed by atoms with van der Waals surface area (Å²) in [6, 6.07) is 11.2. The number of alkyl halides is 3. The van der Waals surface area contributed by atoms with Crippen LogP contribution in [0.4, 0.5) is 18.9 Å². The van der Waals surface area contributed by atoms with Gasteiger partial charge in [-0.05, 0) is 24.3 Å². The first-order chi connectivity index (χ1) is 12.2. The molecular weight excluding hydrogens is 369 g/mol. The number of benzene rings is 2. The van der Waals surface area contributed by atoms with Crippen molar-refractivity contribution >= 4 is 29.1 Å². The molecule has 4 nitrogen and oxygen atoms in total. The van der Waals surface area contributed by atoms with Crippen molar-refractivity contribution in [2.75, 3.05) is 18.0 Å². The normalized spacial score (nSPS) is 11.1. The van der Waals surface area contributed by atoms with Crippen LogP contribution >= 0.6 is 11.6 Å². The highest BCUT2D eigenvalue weighted by Gasteiger charge is 2.35. The van der Waals surface area contributed by atoms with Crippen LogP contribution < -0.4 is 10.2 Å². The fraction of sp³-hybridized carbons (Fsp3) is 0.222. The van der Waals surface area contributed by atoms with Crippen molar-refractivity contribution in [2.24, 2.45) is 0 Å². The number of hydrogen-bond acceptors (Lipinski definition) is 2. The number of hydrogen-bond donors (Lipinski definition) is 1. The molecule has 0 aromatic heterocycles. The Kier molecular flexibility index (Phi) is 6.26. The van der Waals surface area contributed by atoms with Crippen LogP contribution in [0.2, 0.25) is 5.02 Å². The van der Waals surface area contributed by atoms with E-state index in [1.165, 1.54) is 31.2 Å². The van der Waals surface area contributed by atoms with E-state index in [-0.39, 0.29) is 29.4 Å². The summed E-state index contributed by atoms with van der Waals surface area (Å²) in [5.41, 5.74) is -0.911. The van der Waals surface area contributed by atoms with E-state index in [0.29, 0.717) is 0 Å². The highest BCUT2D eigenvalue weighted by Crippen LogP contribution is 2.36. The van der Waals surface area contributed by atoms with Crippen LogP contribution in [0.3, 0.4) is 0 Å². The fourth-order valence-corrected chi connectivity index (χ4v) is 2.64. The van der Waals surface area contributed by atoms with Crippen molar-refractivity contribution in [1.29, 1.82) is 0 Å². The van der Waals surface area contributed by atoms with Crippen molar-refractivity contribution in [3.05, 3.63) is 64.7 Å². The smallest absolute Gasteiger partial charge is 0.350 e. The van der Waals surface area contributed by atoms with Gasteiger partial charge in [0.15, 0.2) is 0 Å². The molecule has 0 atom stereocenters. The van der Waals surface area contributed by atoms with Crippen molar-refractivity contribution in [2.45, 2.75) is 13.1 Å². The third-order valence-electron chi connectivity index (χ3n) is 3.62. The van der Waals surface area contributed by atoms with Gasteiger partial charge in [-0.25, -0.2) is 0 Å². The Morgan fingerprint density at radius 3 is 2.31 bits per heavy atom. The largest absolute Gasteiger partial charge is 0.418 e. The second-order valence-corrected chi connectivity index (χ2v) is 5.83. The molecule has 0 saturated carbocycles. The first-order valence-electron chi connectivity index (χ1n) is 7.69. The lowest BCUT2D eigenvalue weighted by molar-refractivity contribution is -0.137. The van der Waals surface area contributed by atoms with Crippen LogP contribution in [0.1, 0.15) is 22.8 Å². The number of carbonyl (C=O) groups excluding carboxylic acids is 2. The van der Waals surface area contributed by atoms with Crippen LogP contribution in [0.15, 0.2) is 48.5 Å². The fourth-order valence-electron chi connectivity index (χ4n) is 2.42. The summed E-state index contributed by atoms with van der Waals surface area (Å²) >= 11 is 5.93. The lowest BCUT2D eigenvalue weighted by Gasteiger charge is -2.25. The van der Waals surface area contributed by atoms with Gasteiger partial charge in [0.25, 0.3) is 5.91 Å². The SMILES string of the molecule is CC(=O)N(CCNC(=O)c1ccccc1Cl)c1ccccc1C(F)(F)F. The molecule has 0 radical (unpaired) electrons. The van der Waals surface area contributed by atoms with Gasteiger partial charge in [-0.3, -0.25) is 9.59 Å². The number of nitrogens with zero attached hydrogens (tertiary/aromatic N) is 1. The third kappa shape index (κ3) is 4.76. The predicted molar refractivity (Wildman–Crippen MR) is 93.3 cm³/mol.